The van der Waals surface area contributed by atoms with Crippen molar-refractivity contribution in [2.45, 2.75) is 31.5 Å². The molecule has 0 saturated carbocycles. The number of hydrogen-bond acceptors (Lipinski definition) is 9. The fraction of sp³-hybridized carbons (Fsp3) is 0.128. The molecular formula is C39H30O15. The van der Waals surface area contributed by atoms with Gasteiger partial charge in [-0.3, -0.25) is 0 Å². The minimum atomic E-state index is -1.76. The highest BCUT2D eigenvalue weighted by Gasteiger charge is 2.37. The molecule has 0 saturated heterocycles. The van der Waals surface area contributed by atoms with Crippen molar-refractivity contribution < 1.29 is 73.6 Å². The van der Waals surface area contributed by atoms with E-state index in [2.05, 4.69) is 0 Å². The number of ether oxygens (including phenoxy) is 3. The normalized spacial score (nSPS) is 13.3. The molecule has 15 nitrogen and oxygen atoms in total. The highest BCUT2D eigenvalue weighted by molar-refractivity contribution is 6.03. The summed E-state index contributed by atoms with van der Waals surface area (Å²) in [4.78, 5) is 70.0. The second-order valence-electron chi connectivity index (χ2n) is 12.4. The maximum Gasteiger partial charge on any atom is 0.336 e. The lowest BCUT2D eigenvalue weighted by atomic mass is 9.75. The molecule has 0 aromatic heterocycles. The van der Waals surface area contributed by atoms with Crippen LogP contribution in [0.3, 0.4) is 0 Å². The summed E-state index contributed by atoms with van der Waals surface area (Å²) in [5, 5.41) is 56.9. The Morgan fingerprint density at radius 2 is 0.889 bits per heavy atom. The van der Waals surface area contributed by atoms with Gasteiger partial charge in [-0.05, 0) is 77.9 Å². The molecule has 1 aliphatic rings. The Kier molecular flexibility index (Phi) is 10.3. The van der Waals surface area contributed by atoms with Crippen LogP contribution < -0.4 is 14.2 Å². The smallest absolute Gasteiger partial charge is 0.336 e. The maximum atomic E-state index is 11.9. The van der Waals surface area contributed by atoms with E-state index in [1.54, 1.807) is 36.4 Å². The van der Waals surface area contributed by atoms with Crippen LogP contribution in [0.2, 0.25) is 0 Å². The zero-order chi connectivity index (χ0) is 39.5. The standard InChI is InChI=1S/C39H30O15/c1-38(2,20-3-5-22(6-4-20)52-23-7-10-26(32(40)41)29(17-23)35(46)47)21-13-15-39(16-14-21,53-24-8-11-27(33(42)43)30(18-24)36(48)49)54-25-9-12-28(34(44)45)31(19-25)37(50)51/h3-15,17-19H,16H2,1-2H3,(H,40,41)(H,42,43)(H,44,45)(H,46,47)(H,48,49)(H,50,51). The molecule has 6 N–H and O–H groups in total. The fourth-order valence-electron chi connectivity index (χ4n) is 5.73. The molecule has 0 spiro atoms. The van der Waals surface area contributed by atoms with E-state index in [0.717, 1.165) is 47.5 Å². The Morgan fingerprint density at radius 3 is 1.26 bits per heavy atom. The van der Waals surface area contributed by atoms with Gasteiger partial charge < -0.3 is 44.8 Å². The first kappa shape index (κ1) is 37.8. The second-order valence-corrected chi connectivity index (χ2v) is 12.4. The van der Waals surface area contributed by atoms with Crippen molar-refractivity contribution >= 4 is 35.8 Å². The van der Waals surface area contributed by atoms with Crippen LogP contribution in [-0.2, 0) is 5.41 Å². The number of aromatic carboxylic acids is 6. The molecule has 276 valence electrons. The van der Waals surface area contributed by atoms with Crippen LogP contribution in [-0.4, -0.2) is 72.2 Å². The van der Waals surface area contributed by atoms with E-state index >= 15 is 0 Å². The lowest BCUT2D eigenvalue weighted by Crippen LogP contribution is -2.42. The molecule has 0 fully saturated rings. The second kappa shape index (κ2) is 14.7. The zero-order valence-electron chi connectivity index (χ0n) is 28.3. The van der Waals surface area contributed by atoms with Crippen molar-refractivity contribution in [1.82, 2.24) is 0 Å². The van der Waals surface area contributed by atoms with Crippen molar-refractivity contribution in [2.24, 2.45) is 0 Å². The first-order valence-electron chi connectivity index (χ1n) is 15.8. The molecule has 15 heteroatoms. The lowest BCUT2D eigenvalue weighted by Gasteiger charge is -2.36. The van der Waals surface area contributed by atoms with Crippen LogP contribution in [0.5, 0.6) is 23.0 Å². The summed E-state index contributed by atoms with van der Waals surface area (Å²) in [6.45, 7) is 3.84. The number of allylic oxidation sites excluding steroid dienone is 2. The van der Waals surface area contributed by atoms with Crippen molar-refractivity contribution in [3.63, 3.8) is 0 Å². The summed E-state index contributed by atoms with van der Waals surface area (Å²) < 4.78 is 18.1. The van der Waals surface area contributed by atoms with Gasteiger partial charge in [0.25, 0.3) is 5.79 Å². The SMILES string of the molecule is CC(C)(C1=CCC(Oc2ccc(C(=O)O)c(C(=O)O)c2)(Oc2ccc(C(=O)O)c(C(=O)O)c2)C=C1)c1ccc(Oc2ccc(C(=O)O)c(C(=O)O)c2)cc1. The van der Waals surface area contributed by atoms with Crippen LogP contribution in [0.25, 0.3) is 0 Å². The molecule has 0 amide bonds. The Hall–Kier alpha value is -7.42. The topological polar surface area (TPSA) is 251 Å². The number of carboxylic acid groups (broad SMARTS) is 6. The summed E-state index contributed by atoms with van der Waals surface area (Å²) in [5.41, 5.74) is -2.02. The summed E-state index contributed by atoms with van der Waals surface area (Å²) >= 11 is 0. The first-order chi connectivity index (χ1) is 25.4. The lowest BCUT2D eigenvalue weighted by molar-refractivity contribution is -0.0693. The van der Waals surface area contributed by atoms with Gasteiger partial charge in [0.2, 0.25) is 0 Å². The van der Waals surface area contributed by atoms with E-state index in [9.17, 15) is 59.4 Å². The molecule has 4 aromatic carbocycles. The van der Waals surface area contributed by atoms with Gasteiger partial charge in [-0.25, -0.2) is 28.8 Å². The third-order valence-corrected chi connectivity index (χ3v) is 8.59. The quantitative estimate of drug-likeness (QED) is 0.0737. The Bertz CT molecular complexity index is 2200. The van der Waals surface area contributed by atoms with Gasteiger partial charge in [-0.2, -0.15) is 0 Å². The molecular weight excluding hydrogens is 708 g/mol. The molecule has 0 heterocycles. The van der Waals surface area contributed by atoms with Gasteiger partial charge >= 0.3 is 35.8 Å². The summed E-state index contributed by atoms with van der Waals surface area (Å²) in [5.74, 6) is -10.3. The molecule has 5 rings (SSSR count). The predicted molar refractivity (Wildman–Crippen MR) is 186 cm³/mol. The molecule has 0 atom stereocenters. The molecule has 0 bridgehead atoms. The van der Waals surface area contributed by atoms with E-state index in [4.69, 9.17) is 14.2 Å². The summed E-state index contributed by atoms with van der Waals surface area (Å²) in [6.07, 6.45) is 4.92. The fourth-order valence-corrected chi connectivity index (χ4v) is 5.73. The molecule has 0 aliphatic heterocycles. The highest BCUT2D eigenvalue weighted by Crippen LogP contribution is 2.40. The number of benzene rings is 4. The zero-order valence-corrected chi connectivity index (χ0v) is 28.3. The van der Waals surface area contributed by atoms with E-state index < -0.39 is 74.8 Å². The third-order valence-electron chi connectivity index (χ3n) is 8.59. The Morgan fingerprint density at radius 1 is 0.519 bits per heavy atom. The molecule has 0 unspecified atom stereocenters. The van der Waals surface area contributed by atoms with Crippen LogP contribution in [0, 0.1) is 0 Å². The van der Waals surface area contributed by atoms with Crippen molar-refractivity contribution in [3.05, 3.63) is 142 Å². The van der Waals surface area contributed by atoms with E-state index in [1.165, 1.54) is 24.3 Å². The monoisotopic (exact) mass is 738 g/mol. The molecule has 0 radical (unpaired) electrons. The molecule has 1 aliphatic carbocycles. The van der Waals surface area contributed by atoms with Gasteiger partial charge in [0.1, 0.15) is 23.0 Å². The van der Waals surface area contributed by atoms with Crippen molar-refractivity contribution in [1.29, 1.82) is 0 Å². The summed E-state index contributed by atoms with van der Waals surface area (Å²) in [6, 6.07) is 17.0. The number of rotatable bonds is 14. The highest BCUT2D eigenvalue weighted by atomic mass is 16.7. The minimum Gasteiger partial charge on any atom is -0.478 e. The van der Waals surface area contributed by atoms with Crippen molar-refractivity contribution in [3.8, 4) is 23.0 Å². The number of hydrogen-bond donors (Lipinski definition) is 6. The van der Waals surface area contributed by atoms with Crippen LogP contribution in [0.15, 0.2) is 103 Å². The van der Waals surface area contributed by atoms with Gasteiger partial charge in [0.15, 0.2) is 0 Å². The maximum absolute atomic E-state index is 11.9. The Labute approximate surface area is 305 Å². The molecule has 54 heavy (non-hydrogen) atoms. The third kappa shape index (κ3) is 7.89. The van der Waals surface area contributed by atoms with Gasteiger partial charge in [-0.15, -0.1) is 0 Å². The van der Waals surface area contributed by atoms with Gasteiger partial charge in [0.05, 0.1) is 33.4 Å². The average molecular weight is 739 g/mol. The number of carbonyl (C=O) groups is 6. The number of carboxylic acids is 6. The largest absolute Gasteiger partial charge is 0.478 e. The molecule has 4 aromatic rings. The first-order valence-corrected chi connectivity index (χ1v) is 15.8. The van der Waals surface area contributed by atoms with E-state index in [0.29, 0.717) is 5.75 Å². The van der Waals surface area contributed by atoms with Crippen LogP contribution in [0.1, 0.15) is 88.0 Å². The van der Waals surface area contributed by atoms with Crippen molar-refractivity contribution in [2.75, 3.05) is 0 Å². The average Bonchev–Trinajstić information content (AvgIpc) is 3.11. The van der Waals surface area contributed by atoms with E-state index in [1.807, 2.05) is 13.8 Å². The van der Waals surface area contributed by atoms with E-state index in [-0.39, 0.29) is 29.2 Å². The Balaban J connectivity index is 1.45. The van der Waals surface area contributed by atoms with Crippen LogP contribution in [0.4, 0.5) is 0 Å². The minimum absolute atomic E-state index is 0.0477. The predicted octanol–water partition coefficient (Wildman–Crippen LogP) is 6.69. The van der Waals surface area contributed by atoms with Gasteiger partial charge in [-0.1, -0.05) is 38.1 Å². The summed E-state index contributed by atoms with van der Waals surface area (Å²) in [7, 11) is 0. The van der Waals surface area contributed by atoms with Crippen LogP contribution >= 0.6 is 0 Å². The van der Waals surface area contributed by atoms with Gasteiger partial charge in [0, 0.05) is 17.9 Å².